The number of carboxylic acid groups (broad SMARTS) is 1. The number of hydrogen-bond donors (Lipinski definition) is 2. The van der Waals surface area contributed by atoms with Crippen molar-refractivity contribution in [2.45, 2.75) is 45.4 Å². The van der Waals surface area contributed by atoms with Gasteiger partial charge in [0.2, 0.25) is 5.91 Å². The molecule has 0 aromatic rings. The van der Waals surface area contributed by atoms with Gasteiger partial charge in [0.25, 0.3) is 0 Å². The summed E-state index contributed by atoms with van der Waals surface area (Å²) >= 11 is 0. The van der Waals surface area contributed by atoms with Crippen LogP contribution in [0, 0.1) is 0 Å². The van der Waals surface area contributed by atoms with Crippen LogP contribution in [0.1, 0.15) is 45.4 Å². The van der Waals surface area contributed by atoms with Crippen LogP contribution in [-0.4, -0.2) is 156 Å². The highest BCUT2D eigenvalue weighted by Crippen LogP contribution is 1.94. The molecule has 0 fully saturated rings. The number of amides is 1. The lowest BCUT2D eigenvalue weighted by atomic mass is 10.3. The van der Waals surface area contributed by atoms with E-state index in [1.165, 1.54) is 12.8 Å². The lowest BCUT2D eigenvalue weighted by Crippen LogP contribution is -2.25. The van der Waals surface area contributed by atoms with E-state index in [-0.39, 0.29) is 18.7 Å². The van der Waals surface area contributed by atoms with Gasteiger partial charge < -0.3 is 57.8 Å². The van der Waals surface area contributed by atoms with Crippen LogP contribution in [0.2, 0.25) is 0 Å². The summed E-state index contributed by atoms with van der Waals surface area (Å²) in [5.74, 6) is -1.24. The van der Waals surface area contributed by atoms with E-state index in [0.29, 0.717) is 138 Å². The number of carbonyl (C=O) groups is 2. The molecule has 0 aliphatic rings. The van der Waals surface area contributed by atoms with Crippen molar-refractivity contribution < 1.29 is 62.1 Å². The zero-order valence-corrected chi connectivity index (χ0v) is 26.9. The van der Waals surface area contributed by atoms with Gasteiger partial charge >= 0.3 is 5.97 Å². The highest BCUT2D eigenvalue weighted by Gasteiger charge is 2.04. The molecule has 262 valence electrons. The van der Waals surface area contributed by atoms with Gasteiger partial charge in [-0.3, -0.25) is 9.59 Å². The highest BCUT2D eigenvalue weighted by atomic mass is 16.6. The molecule has 0 aromatic carbocycles. The maximum absolute atomic E-state index is 11.4. The molecule has 14 heteroatoms. The monoisotopic (exact) mass is 641 g/mol. The van der Waals surface area contributed by atoms with E-state index in [1.54, 1.807) is 0 Å². The van der Waals surface area contributed by atoms with E-state index in [9.17, 15) is 9.59 Å². The minimum atomic E-state index is -0.981. The summed E-state index contributed by atoms with van der Waals surface area (Å²) in [6.07, 6.45) is 4.01. The van der Waals surface area contributed by atoms with Gasteiger partial charge in [0.15, 0.2) is 0 Å². The van der Waals surface area contributed by atoms with Crippen LogP contribution in [0.15, 0.2) is 0 Å². The van der Waals surface area contributed by atoms with Gasteiger partial charge in [-0.1, -0.05) is 19.8 Å². The first-order valence-corrected chi connectivity index (χ1v) is 15.9. The Kier molecular flexibility index (Phi) is 36.5. The molecule has 0 heterocycles. The molecular formula is C30H59NO13. The third-order valence-corrected chi connectivity index (χ3v) is 5.59. The van der Waals surface area contributed by atoms with Gasteiger partial charge in [-0.25, -0.2) is 0 Å². The molecule has 0 unspecified atom stereocenters. The van der Waals surface area contributed by atoms with E-state index >= 15 is 0 Å². The lowest BCUT2D eigenvalue weighted by Gasteiger charge is -2.09. The largest absolute Gasteiger partial charge is 0.481 e. The summed E-state index contributed by atoms with van der Waals surface area (Å²) in [6.45, 7) is 13.2. The van der Waals surface area contributed by atoms with Gasteiger partial charge in [0, 0.05) is 26.2 Å². The number of rotatable bonds is 38. The molecule has 0 aliphatic heterocycles. The van der Waals surface area contributed by atoms with E-state index in [2.05, 4.69) is 12.2 Å². The molecule has 0 rings (SSSR count). The standard InChI is InChI=1S/C30H59NO13/c1-2-3-4-9-35-11-13-37-15-17-39-19-21-41-23-25-43-27-28-44-26-24-42-22-20-40-18-16-38-14-12-36-10-5-8-31-29(32)6-7-30(33)34/h2-28H2,1H3,(H,31,32)(H,33,34). The maximum Gasteiger partial charge on any atom is 0.303 e. The normalized spacial score (nSPS) is 11.3. The summed E-state index contributed by atoms with van der Waals surface area (Å²) in [5, 5.41) is 11.2. The molecule has 14 nitrogen and oxygen atoms in total. The average molecular weight is 642 g/mol. The number of nitrogens with one attached hydrogen (secondary N) is 1. The Morgan fingerprint density at radius 1 is 0.432 bits per heavy atom. The number of carbonyl (C=O) groups excluding carboxylic acids is 1. The second-order valence-electron chi connectivity index (χ2n) is 9.43. The SMILES string of the molecule is CCCCCOCCOCCOCCOCCOCCOCCOCCOCCOCCOCCCNC(=O)CCC(=O)O. The molecule has 0 radical (unpaired) electrons. The smallest absolute Gasteiger partial charge is 0.303 e. The Labute approximate surface area is 263 Å². The van der Waals surface area contributed by atoms with Crippen LogP contribution in [0.4, 0.5) is 0 Å². The Morgan fingerprint density at radius 2 is 0.727 bits per heavy atom. The predicted molar refractivity (Wildman–Crippen MR) is 162 cm³/mol. The highest BCUT2D eigenvalue weighted by molar-refractivity contribution is 5.80. The Balaban J connectivity index is 3.08. The zero-order chi connectivity index (χ0) is 32.0. The van der Waals surface area contributed by atoms with E-state index in [0.717, 1.165) is 13.0 Å². The van der Waals surface area contributed by atoms with Crippen LogP contribution in [-0.2, 0) is 57.0 Å². The summed E-state index contributed by atoms with van der Waals surface area (Å²) in [4.78, 5) is 21.7. The molecule has 0 aliphatic carbocycles. The molecule has 2 N–H and O–H groups in total. The Hall–Kier alpha value is -1.46. The van der Waals surface area contributed by atoms with Crippen molar-refractivity contribution in [2.24, 2.45) is 0 Å². The predicted octanol–water partition coefficient (Wildman–Crippen LogP) is 1.71. The molecule has 0 saturated carbocycles. The first kappa shape index (κ1) is 42.5. The molecule has 0 aromatic heterocycles. The van der Waals surface area contributed by atoms with Crippen LogP contribution in [0.5, 0.6) is 0 Å². The van der Waals surface area contributed by atoms with Crippen molar-refractivity contribution in [2.75, 3.05) is 139 Å². The van der Waals surface area contributed by atoms with Crippen LogP contribution >= 0.6 is 0 Å². The van der Waals surface area contributed by atoms with Crippen molar-refractivity contribution in [3.63, 3.8) is 0 Å². The zero-order valence-electron chi connectivity index (χ0n) is 26.9. The van der Waals surface area contributed by atoms with Crippen molar-refractivity contribution >= 4 is 11.9 Å². The average Bonchev–Trinajstić information content (AvgIpc) is 3.02. The second-order valence-corrected chi connectivity index (χ2v) is 9.43. The van der Waals surface area contributed by atoms with Crippen molar-refractivity contribution in [3.05, 3.63) is 0 Å². The number of carboxylic acids is 1. The summed E-state index contributed by atoms with van der Waals surface area (Å²) in [6, 6.07) is 0. The maximum atomic E-state index is 11.4. The molecule has 1 amide bonds. The van der Waals surface area contributed by atoms with E-state index in [1.807, 2.05) is 0 Å². The fourth-order valence-electron chi connectivity index (χ4n) is 3.25. The molecule has 0 spiro atoms. The first-order chi connectivity index (χ1) is 21.7. The van der Waals surface area contributed by atoms with Gasteiger partial charge in [-0.05, 0) is 12.8 Å². The third-order valence-electron chi connectivity index (χ3n) is 5.59. The van der Waals surface area contributed by atoms with Gasteiger partial charge in [-0.2, -0.15) is 0 Å². The molecule has 0 saturated heterocycles. The molecular weight excluding hydrogens is 582 g/mol. The molecule has 0 atom stereocenters. The summed E-state index contributed by atoms with van der Waals surface area (Å²) in [7, 11) is 0. The summed E-state index contributed by atoms with van der Waals surface area (Å²) in [5.41, 5.74) is 0. The van der Waals surface area contributed by atoms with Gasteiger partial charge in [0.05, 0.1) is 125 Å². The molecule has 44 heavy (non-hydrogen) atoms. The number of ether oxygens (including phenoxy) is 10. The topological polar surface area (TPSA) is 159 Å². The van der Waals surface area contributed by atoms with E-state index < -0.39 is 5.97 Å². The minimum Gasteiger partial charge on any atom is -0.481 e. The Bertz CT molecular complexity index is 601. The second kappa shape index (κ2) is 37.7. The van der Waals surface area contributed by atoms with Crippen LogP contribution in [0.25, 0.3) is 0 Å². The van der Waals surface area contributed by atoms with Crippen molar-refractivity contribution in [1.29, 1.82) is 0 Å². The van der Waals surface area contributed by atoms with Gasteiger partial charge in [-0.15, -0.1) is 0 Å². The first-order valence-electron chi connectivity index (χ1n) is 15.9. The van der Waals surface area contributed by atoms with E-state index in [4.69, 9.17) is 52.5 Å². The quantitative estimate of drug-likeness (QED) is 0.0940. The van der Waals surface area contributed by atoms with Gasteiger partial charge in [0.1, 0.15) is 0 Å². The Morgan fingerprint density at radius 3 is 1.02 bits per heavy atom. The van der Waals surface area contributed by atoms with Crippen LogP contribution in [0.3, 0.4) is 0 Å². The lowest BCUT2D eigenvalue weighted by molar-refractivity contribution is -0.138. The number of hydrogen-bond acceptors (Lipinski definition) is 12. The fourth-order valence-corrected chi connectivity index (χ4v) is 3.25. The van der Waals surface area contributed by atoms with Crippen molar-refractivity contribution in [1.82, 2.24) is 5.32 Å². The third kappa shape index (κ3) is 38.6. The number of unbranched alkanes of at least 4 members (excludes halogenated alkanes) is 2. The number of aliphatic carboxylic acids is 1. The van der Waals surface area contributed by atoms with Crippen molar-refractivity contribution in [3.8, 4) is 0 Å². The van der Waals surface area contributed by atoms with Crippen LogP contribution < -0.4 is 5.32 Å². The molecule has 0 bridgehead atoms. The summed E-state index contributed by atoms with van der Waals surface area (Å²) < 4.78 is 54.5. The minimum absolute atomic E-state index is 0.00743. The fraction of sp³-hybridized carbons (Fsp3) is 0.933.